The van der Waals surface area contributed by atoms with Gasteiger partial charge in [-0.3, -0.25) is 4.79 Å². The van der Waals surface area contributed by atoms with Gasteiger partial charge in [-0.1, -0.05) is 11.6 Å². The van der Waals surface area contributed by atoms with Crippen molar-refractivity contribution < 1.29 is 9.21 Å². The minimum absolute atomic E-state index is 0.113. The van der Waals surface area contributed by atoms with Crippen LogP contribution in [0.1, 0.15) is 23.4 Å². The van der Waals surface area contributed by atoms with Crippen molar-refractivity contribution >= 4 is 23.5 Å². The molecule has 0 spiro atoms. The molecule has 0 saturated carbocycles. The Hall–Kier alpha value is -2.86. The molecule has 3 heterocycles. The van der Waals surface area contributed by atoms with Gasteiger partial charge >= 0.3 is 0 Å². The molecule has 7 heteroatoms. The number of piperidine rings is 1. The summed E-state index contributed by atoms with van der Waals surface area (Å²) in [5.41, 5.74) is 0.884. The van der Waals surface area contributed by atoms with Crippen LogP contribution in [0.15, 0.2) is 59.3 Å². The molecule has 4 rings (SSSR count). The van der Waals surface area contributed by atoms with E-state index in [-0.39, 0.29) is 11.9 Å². The Labute approximate surface area is 162 Å². The highest BCUT2D eigenvalue weighted by Crippen LogP contribution is 2.24. The molecule has 0 bridgehead atoms. The number of benzene rings is 1. The third kappa shape index (κ3) is 4.11. The molecule has 1 aliphatic heterocycles. The fourth-order valence-electron chi connectivity index (χ4n) is 3.16. The first-order valence-corrected chi connectivity index (χ1v) is 9.25. The van der Waals surface area contributed by atoms with Crippen molar-refractivity contribution in [2.75, 3.05) is 18.0 Å². The Balaban J connectivity index is 1.34. The number of nitrogens with one attached hydrogen (secondary N) is 1. The van der Waals surface area contributed by atoms with E-state index < -0.39 is 0 Å². The lowest BCUT2D eigenvalue weighted by molar-refractivity contribution is 0.0904. The molecule has 1 amide bonds. The van der Waals surface area contributed by atoms with Crippen molar-refractivity contribution in [3.8, 4) is 11.3 Å². The van der Waals surface area contributed by atoms with Gasteiger partial charge in [-0.2, -0.15) is 0 Å². The van der Waals surface area contributed by atoms with Crippen LogP contribution in [0.25, 0.3) is 11.3 Å². The topological polar surface area (TPSA) is 71.3 Å². The van der Waals surface area contributed by atoms with Crippen LogP contribution in [0.5, 0.6) is 0 Å². The van der Waals surface area contributed by atoms with Crippen molar-refractivity contribution in [1.29, 1.82) is 0 Å². The Morgan fingerprint density at radius 3 is 2.48 bits per heavy atom. The lowest BCUT2D eigenvalue weighted by Gasteiger charge is -2.32. The molecule has 27 heavy (non-hydrogen) atoms. The Bertz CT molecular complexity index is 903. The van der Waals surface area contributed by atoms with Crippen LogP contribution in [-0.2, 0) is 0 Å². The molecule has 1 fully saturated rings. The van der Waals surface area contributed by atoms with E-state index in [0.29, 0.717) is 16.5 Å². The summed E-state index contributed by atoms with van der Waals surface area (Å²) in [6.07, 6.45) is 5.17. The van der Waals surface area contributed by atoms with Gasteiger partial charge in [0.1, 0.15) is 5.76 Å². The Kier molecular flexibility index (Phi) is 5.07. The molecular weight excluding hydrogens is 364 g/mol. The van der Waals surface area contributed by atoms with Gasteiger partial charge in [0.25, 0.3) is 5.91 Å². The van der Waals surface area contributed by atoms with Gasteiger partial charge in [0.15, 0.2) is 5.76 Å². The minimum Gasteiger partial charge on any atom is -0.451 e. The average molecular weight is 383 g/mol. The molecule has 1 N–H and O–H groups in total. The normalized spacial score (nSPS) is 14.9. The van der Waals surface area contributed by atoms with E-state index in [9.17, 15) is 4.79 Å². The lowest BCUT2D eigenvalue weighted by atomic mass is 10.1. The maximum Gasteiger partial charge on any atom is 0.287 e. The summed E-state index contributed by atoms with van der Waals surface area (Å²) in [6.45, 7) is 1.62. The van der Waals surface area contributed by atoms with Crippen LogP contribution in [-0.4, -0.2) is 35.0 Å². The molecule has 1 aliphatic rings. The molecular formula is C20H19ClN4O2. The number of aromatic nitrogens is 2. The standard InChI is InChI=1S/C20H19ClN4O2/c21-15-4-2-14(3-5-15)17-6-7-18(27-17)19(26)24-16-8-12-25(13-9-16)20-22-10-1-11-23-20/h1-7,10-11,16H,8-9,12-13H2,(H,24,26). The summed E-state index contributed by atoms with van der Waals surface area (Å²) in [7, 11) is 0. The van der Waals surface area contributed by atoms with E-state index in [1.165, 1.54) is 0 Å². The van der Waals surface area contributed by atoms with Gasteiger partial charge < -0.3 is 14.6 Å². The van der Waals surface area contributed by atoms with Crippen LogP contribution in [0.3, 0.4) is 0 Å². The second kappa shape index (κ2) is 7.80. The van der Waals surface area contributed by atoms with Crippen molar-refractivity contribution in [3.63, 3.8) is 0 Å². The maximum atomic E-state index is 12.5. The van der Waals surface area contributed by atoms with E-state index in [0.717, 1.165) is 37.4 Å². The fourth-order valence-corrected chi connectivity index (χ4v) is 3.29. The van der Waals surface area contributed by atoms with Gasteiger partial charge in [0.2, 0.25) is 5.95 Å². The van der Waals surface area contributed by atoms with Crippen molar-refractivity contribution in [2.45, 2.75) is 18.9 Å². The molecule has 0 radical (unpaired) electrons. The van der Waals surface area contributed by atoms with E-state index >= 15 is 0 Å². The first-order chi connectivity index (χ1) is 13.2. The van der Waals surface area contributed by atoms with E-state index in [1.807, 2.05) is 12.1 Å². The van der Waals surface area contributed by atoms with Gasteiger partial charge in [0.05, 0.1) is 0 Å². The van der Waals surface area contributed by atoms with Crippen LogP contribution >= 0.6 is 11.6 Å². The zero-order valence-electron chi connectivity index (χ0n) is 14.6. The number of furan rings is 1. The third-order valence-corrected chi connectivity index (χ3v) is 4.88. The SMILES string of the molecule is O=C(NC1CCN(c2ncccn2)CC1)c1ccc(-c2ccc(Cl)cc2)o1. The average Bonchev–Trinajstić information content (AvgIpc) is 3.20. The second-order valence-electron chi connectivity index (χ2n) is 6.45. The number of hydrogen-bond donors (Lipinski definition) is 1. The van der Waals surface area contributed by atoms with Crippen molar-refractivity contribution in [2.24, 2.45) is 0 Å². The highest BCUT2D eigenvalue weighted by atomic mass is 35.5. The maximum absolute atomic E-state index is 12.5. The summed E-state index contributed by atoms with van der Waals surface area (Å²) in [4.78, 5) is 23.2. The monoisotopic (exact) mass is 382 g/mol. The molecule has 138 valence electrons. The van der Waals surface area contributed by atoms with Crippen LogP contribution in [0.4, 0.5) is 5.95 Å². The summed E-state index contributed by atoms with van der Waals surface area (Å²) >= 11 is 5.91. The number of amides is 1. The quantitative estimate of drug-likeness (QED) is 0.743. The zero-order chi connectivity index (χ0) is 18.6. The number of nitrogens with zero attached hydrogens (tertiary/aromatic N) is 3. The molecule has 0 atom stereocenters. The van der Waals surface area contributed by atoms with E-state index in [4.69, 9.17) is 16.0 Å². The summed E-state index contributed by atoms with van der Waals surface area (Å²) in [5, 5.41) is 3.72. The first-order valence-electron chi connectivity index (χ1n) is 8.87. The molecule has 0 aliphatic carbocycles. The number of halogens is 1. The number of anilines is 1. The fraction of sp³-hybridized carbons (Fsp3) is 0.250. The van der Waals surface area contributed by atoms with Gasteiger partial charge in [-0.25, -0.2) is 9.97 Å². The van der Waals surface area contributed by atoms with Gasteiger partial charge in [-0.15, -0.1) is 0 Å². The number of carbonyl (C=O) groups is 1. The van der Waals surface area contributed by atoms with Gasteiger partial charge in [0, 0.05) is 42.1 Å². The minimum atomic E-state index is -0.190. The number of hydrogen-bond acceptors (Lipinski definition) is 5. The molecule has 1 aromatic carbocycles. The van der Waals surface area contributed by atoms with Gasteiger partial charge in [-0.05, 0) is 55.3 Å². The molecule has 2 aromatic heterocycles. The highest BCUT2D eigenvalue weighted by Gasteiger charge is 2.23. The summed E-state index contributed by atoms with van der Waals surface area (Å²) < 4.78 is 5.72. The van der Waals surface area contributed by atoms with Crippen molar-refractivity contribution in [3.05, 3.63) is 65.6 Å². The summed E-state index contributed by atoms with van der Waals surface area (Å²) in [5.74, 6) is 1.51. The molecule has 0 unspecified atom stereocenters. The molecule has 1 saturated heterocycles. The number of carbonyl (C=O) groups excluding carboxylic acids is 1. The Morgan fingerprint density at radius 2 is 1.78 bits per heavy atom. The zero-order valence-corrected chi connectivity index (χ0v) is 15.4. The van der Waals surface area contributed by atoms with Crippen molar-refractivity contribution in [1.82, 2.24) is 15.3 Å². The second-order valence-corrected chi connectivity index (χ2v) is 6.89. The first kappa shape index (κ1) is 17.5. The highest BCUT2D eigenvalue weighted by molar-refractivity contribution is 6.30. The van der Waals surface area contributed by atoms with E-state index in [1.54, 1.807) is 42.7 Å². The molecule has 6 nitrogen and oxygen atoms in total. The third-order valence-electron chi connectivity index (χ3n) is 4.62. The lowest BCUT2D eigenvalue weighted by Crippen LogP contribution is -2.45. The predicted octanol–water partition coefficient (Wildman–Crippen LogP) is 3.79. The largest absolute Gasteiger partial charge is 0.451 e. The summed E-state index contributed by atoms with van der Waals surface area (Å²) in [6, 6.07) is 12.7. The number of rotatable bonds is 4. The van der Waals surface area contributed by atoms with Crippen LogP contribution < -0.4 is 10.2 Å². The Morgan fingerprint density at radius 1 is 1.07 bits per heavy atom. The van der Waals surface area contributed by atoms with Crippen LogP contribution in [0, 0.1) is 0 Å². The smallest absolute Gasteiger partial charge is 0.287 e. The van der Waals surface area contributed by atoms with Crippen LogP contribution in [0.2, 0.25) is 5.02 Å². The molecule has 3 aromatic rings. The van der Waals surface area contributed by atoms with E-state index in [2.05, 4.69) is 20.2 Å². The predicted molar refractivity (Wildman–Crippen MR) is 104 cm³/mol.